The van der Waals surface area contributed by atoms with Crippen molar-refractivity contribution >= 4 is 27.3 Å². The van der Waals surface area contributed by atoms with Gasteiger partial charge in [0.25, 0.3) is 10.0 Å². The fourth-order valence-electron chi connectivity index (χ4n) is 3.80. The first-order valence-corrected chi connectivity index (χ1v) is 12.2. The van der Waals surface area contributed by atoms with Gasteiger partial charge in [0.05, 0.1) is 44.1 Å². The maximum atomic E-state index is 13.8. The zero-order valence-electron chi connectivity index (χ0n) is 19.6. The third kappa shape index (κ3) is 4.83. The fourth-order valence-corrected chi connectivity index (χ4v) is 5.23. The number of hydrogen-bond acceptors (Lipinski definition) is 7. The van der Waals surface area contributed by atoms with Crippen molar-refractivity contribution in [2.45, 2.75) is 4.90 Å². The minimum atomic E-state index is -4.16. The first-order chi connectivity index (χ1) is 16.9. The van der Waals surface area contributed by atoms with Crippen molar-refractivity contribution in [2.75, 3.05) is 50.2 Å². The van der Waals surface area contributed by atoms with E-state index in [2.05, 4.69) is 0 Å². The summed E-state index contributed by atoms with van der Waals surface area (Å²) in [6.07, 6.45) is 0. The van der Waals surface area contributed by atoms with Crippen molar-refractivity contribution in [1.82, 2.24) is 0 Å². The van der Waals surface area contributed by atoms with Crippen molar-refractivity contribution in [3.05, 3.63) is 66.7 Å². The average molecular weight is 499 g/mol. The van der Waals surface area contributed by atoms with Crippen molar-refractivity contribution in [2.24, 2.45) is 0 Å². The molecule has 1 heterocycles. The van der Waals surface area contributed by atoms with E-state index in [-0.39, 0.29) is 16.6 Å². The number of anilines is 2. The molecule has 3 aromatic carbocycles. The van der Waals surface area contributed by atoms with E-state index in [0.29, 0.717) is 41.8 Å². The Morgan fingerprint density at radius 2 is 1.66 bits per heavy atom. The van der Waals surface area contributed by atoms with Crippen LogP contribution in [0.1, 0.15) is 0 Å². The number of amides is 1. The minimum absolute atomic E-state index is 0.0406. The van der Waals surface area contributed by atoms with E-state index in [1.807, 2.05) is 6.07 Å². The van der Waals surface area contributed by atoms with Gasteiger partial charge < -0.3 is 23.8 Å². The molecule has 0 atom stereocenters. The lowest BCUT2D eigenvalue weighted by Crippen LogP contribution is -2.46. The lowest BCUT2D eigenvalue weighted by Gasteiger charge is -2.32. The van der Waals surface area contributed by atoms with Crippen molar-refractivity contribution in [1.29, 1.82) is 0 Å². The largest absolute Gasteiger partial charge is 0.497 e. The highest BCUT2D eigenvalue weighted by molar-refractivity contribution is 7.92. The predicted molar refractivity (Wildman–Crippen MR) is 131 cm³/mol. The molecule has 3 aromatic rings. The van der Waals surface area contributed by atoms with Gasteiger partial charge in [-0.25, -0.2) is 8.42 Å². The highest BCUT2D eigenvalue weighted by Crippen LogP contribution is 2.34. The van der Waals surface area contributed by atoms with Crippen LogP contribution in [0.3, 0.4) is 0 Å². The van der Waals surface area contributed by atoms with Gasteiger partial charge in [-0.1, -0.05) is 12.1 Å². The van der Waals surface area contributed by atoms with E-state index in [0.717, 1.165) is 4.31 Å². The molecule has 35 heavy (non-hydrogen) atoms. The third-order valence-electron chi connectivity index (χ3n) is 5.61. The number of rotatable bonds is 8. The molecule has 0 unspecified atom stereocenters. The van der Waals surface area contributed by atoms with Crippen molar-refractivity contribution < 1.29 is 32.2 Å². The van der Waals surface area contributed by atoms with Gasteiger partial charge in [0.1, 0.15) is 24.7 Å². The Bertz CT molecular complexity index is 1310. The number of hydrogen-bond donors (Lipinski definition) is 0. The topological polar surface area (TPSA) is 94.6 Å². The molecule has 0 saturated carbocycles. The maximum absolute atomic E-state index is 13.8. The molecule has 0 saturated heterocycles. The van der Waals surface area contributed by atoms with Crippen LogP contribution in [-0.4, -0.2) is 55.4 Å². The third-order valence-corrected chi connectivity index (χ3v) is 7.38. The Morgan fingerprint density at radius 1 is 0.943 bits per heavy atom. The summed E-state index contributed by atoms with van der Waals surface area (Å²) in [5.41, 5.74) is 0.914. The number of para-hydroxylation sites is 2. The quantitative estimate of drug-likeness (QED) is 0.470. The van der Waals surface area contributed by atoms with E-state index < -0.39 is 16.6 Å². The smallest absolute Gasteiger partial charge is 0.264 e. The molecule has 0 aliphatic carbocycles. The number of nitrogens with zero attached hydrogens (tertiary/aromatic N) is 2. The van der Waals surface area contributed by atoms with Gasteiger partial charge in [0.2, 0.25) is 5.91 Å². The van der Waals surface area contributed by atoms with Gasteiger partial charge in [0.15, 0.2) is 11.5 Å². The van der Waals surface area contributed by atoms with Gasteiger partial charge in [-0.15, -0.1) is 0 Å². The first kappa shape index (κ1) is 24.2. The first-order valence-electron chi connectivity index (χ1n) is 10.8. The number of carbonyl (C=O) groups excluding carboxylic acids is 1. The number of methoxy groups -OCH3 is 3. The minimum Gasteiger partial charge on any atom is -0.497 e. The van der Waals surface area contributed by atoms with Crippen LogP contribution in [0.15, 0.2) is 71.6 Å². The Morgan fingerprint density at radius 3 is 2.34 bits per heavy atom. The summed E-state index contributed by atoms with van der Waals surface area (Å²) in [6.45, 7) is 0.202. The Balaban J connectivity index is 1.74. The zero-order valence-corrected chi connectivity index (χ0v) is 20.4. The zero-order chi connectivity index (χ0) is 25.0. The average Bonchev–Trinajstić information content (AvgIpc) is 2.90. The van der Waals surface area contributed by atoms with E-state index in [1.54, 1.807) is 47.4 Å². The van der Waals surface area contributed by atoms with Crippen LogP contribution >= 0.6 is 0 Å². The van der Waals surface area contributed by atoms with Crippen LogP contribution in [-0.2, 0) is 14.8 Å². The molecule has 0 aromatic heterocycles. The second-order valence-corrected chi connectivity index (χ2v) is 9.45. The van der Waals surface area contributed by atoms with Gasteiger partial charge >= 0.3 is 0 Å². The molecule has 0 spiro atoms. The maximum Gasteiger partial charge on any atom is 0.264 e. The molecule has 4 rings (SSSR count). The molecule has 0 fully saturated rings. The van der Waals surface area contributed by atoms with Gasteiger partial charge in [-0.05, 0) is 48.5 Å². The summed E-state index contributed by atoms with van der Waals surface area (Å²) in [6, 6.07) is 17.9. The highest BCUT2D eigenvalue weighted by Gasteiger charge is 2.32. The van der Waals surface area contributed by atoms with Gasteiger partial charge in [-0.3, -0.25) is 9.10 Å². The SMILES string of the molecule is COc1ccc(N(CC(=O)N2CCOc3ccccc32)S(=O)(=O)c2ccc(OC)c(OC)c2)cc1. The monoisotopic (exact) mass is 498 g/mol. The lowest BCUT2D eigenvalue weighted by atomic mass is 10.2. The number of benzene rings is 3. The molecule has 1 aliphatic heterocycles. The summed E-state index contributed by atoms with van der Waals surface area (Å²) in [5, 5.41) is 0. The molecule has 184 valence electrons. The highest BCUT2D eigenvalue weighted by atomic mass is 32.2. The summed E-state index contributed by atoms with van der Waals surface area (Å²) < 4.78 is 50.1. The summed E-state index contributed by atoms with van der Waals surface area (Å²) >= 11 is 0. The molecule has 0 radical (unpaired) electrons. The van der Waals surface area contributed by atoms with Gasteiger partial charge in [0, 0.05) is 6.07 Å². The summed E-state index contributed by atoms with van der Waals surface area (Å²) in [4.78, 5) is 15.0. The molecule has 0 N–H and O–H groups in total. The number of ether oxygens (including phenoxy) is 4. The standard InChI is InChI=1S/C25H26N2O7S/c1-31-19-10-8-18(9-11-19)27(35(29,30)20-12-13-23(32-2)24(16-20)33-3)17-25(28)26-14-15-34-22-7-5-4-6-21(22)26/h4-13,16H,14-15,17H2,1-3H3. The van der Waals surface area contributed by atoms with Crippen LogP contribution in [0.5, 0.6) is 23.0 Å². The van der Waals surface area contributed by atoms with E-state index >= 15 is 0 Å². The lowest BCUT2D eigenvalue weighted by molar-refractivity contribution is -0.117. The predicted octanol–water partition coefficient (Wildman–Crippen LogP) is 3.33. The second kappa shape index (κ2) is 10.1. The summed E-state index contributed by atoms with van der Waals surface area (Å²) in [5.74, 6) is 1.40. The van der Waals surface area contributed by atoms with Crippen LogP contribution in [0.2, 0.25) is 0 Å². The van der Waals surface area contributed by atoms with Crippen LogP contribution in [0.25, 0.3) is 0 Å². The van der Waals surface area contributed by atoms with Crippen LogP contribution in [0.4, 0.5) is 11.4 Å². The van der Waals surface area contributed by atoms with Crippen LogP contribution in [0, 0.1) is 0 Å². The number of fused-ring (bicyclic) bond motifs is 1. The number of sulfonamides is 1. The second-order valence-electron chi connectivity index (χ2n) is 7.59. The fraction of sp³-hybridized carbons (Fsp3) is 0.240. The van der Waals surface area contributed by atoms with E-state index in [1.165, 1.54) is 39.5 Å². The Labute approximate surface area is 204 Å². The number of carbonyl (C=O) groups is 1. The van der Waals surface area contributed by atoms with E-state index in [9.17, 15) is 13.2 Å². The van der Waals surface area contributed by atoms with Crippen LogP contribution < -0.4 is 28.2 Å². The van der Waals surface area contributed by atoms with Gasteiger partial charge in [-0.2, -0.15) is 0 Å². The summed E-state index contributed by atoms with van der Waals surface area (Å²) in [7, 11) is 0.249. The van der Waals surface area contributed by atoms with Crippen molar-refractivity contribution in [3.63, 3.8) is 0 Å². The normalized spacial score (nSPS) is 12.8. The Kier molecular flexibility index (Phi) is 7.02. The van der Waals surface area contributed by atoms with E-state index in [4.69, 9.17) is 18.9 Å². The van der Waals surface area contributed by atoms with Crippen molar-refractivity contribution in [3.8, 4) is 23.0 Å². The molecule has 1 amide bonds. The molecule has 9 nitrogen and oxygen atoms in total. The Hall–Kier alpha value is -3.92. The molecular formula is C25H26N2O7S. The molecule has 10 heteroatoms. The molecule has 1 aliphatic rings. The molecule has 0 bridgehead atoms. The molecular weight excluding hydrogens is 472 g/mol.